The third-order valence-electron chi connectivity index (χ3n) is 3.37. The number of nitrogens with zero attached hydrogens (tertiary/aromatic N) is 1. The van der Waals surface area contributed by atoms with Crippen molar-refractivity contribution in [1.82, 2.24) is 9.55 Å². The molecule has 0 aromatic carbocycles. The molecule has 0 aliphatic carbocycles. The van der Waals surface area contributed by atoms with E-state index in [-0.39, 0.29) is 24.0 Å². The number of nitrogens with one attached hydrogen (secondary N) is 2. The van der Waals surface area contributed by atoms with E-state index in [0.717, 1.165) is 12.8 Å². The van der Waals surface area contributed by atoms with Gasteiger partial charge in [-0.1, -0.05) is 20.3 Å². The highest BCUT2D eigenvalue weighted by molar-refractivity contribution is 5.60. The molecule has 20 heavy (non-hydrogen) atoms. The normalized spacial score (nSPS) is 12.3. The minimum absolute atomic E-state index is 0.112. The van der Waals surface area contributed by atoms with Crippen molar-refractivity contribution in [1.29, 1.82) is 0 Å². The number of aromatic nitrogens is 2. The molecule has 0 radical (unpaired) electrons. The third-order valence-corrected chi connectivity index (χ3v) is 3.37. The lowest BCUT2D eigenvalue weighted by Gasteiger charge is -2.17. The summed E-state index contributed by atoms with van der Waals surface area (Å²) in [6, 6.07) is 0. The second kappa shape index (κ2) is 7.74. The summed E-state index contributed by atoms with van der Waals surface area (Å²) in [5, 5.41) is 12.0. The number of nitrogens with two attached hydrogens (primary N) is 1. The zero-order valence-corrected chi connectivity index (χ0v) is 12.1. The van der Waals surface area contributed by atoms with Crippen molar-refractivity contribution in [2.75, 3.05) is 24.2 Å². The first-order chi connectivity index (χ1) is 9.54. The predicted octanol–water partition coefficient (Wildman–Crippen LogP) is 0.349. The molecule has 114 valence electrons. The first-order valence-corrected chi connectivity index (χ1v) is 7.02. The van der Waals surface area contributed by atoms with E-state index in [0.29, 0.717) is 19.5 Å². The smallest absolute Gasteiger partial charge is 0.330 e. The maximum absolute atomic E-state index is 11.8. The predicted molar refractivity (Wildman–Crippen MR) is 80.0 cm³/mol. The fourth-order valence-corrected chi connectivity index (χ4v) is 2.08. The average molecular weight is 284 g/mol. The molecule has 0 fully saturated rings. The van der Waals surface area contributed by atoms with Crippen LogP contribution < -0.4 is 22.3 Å². The summed E-state index contributed by atoms with van der Waals surface area (Å²) >= 11 is 0. The monoisotopic (exact) mass is 284 g/mol. The van der Waals surface area contributed by atoms with E-state index < -0.39 is 11.2 Å². The van der Waals surface area contributed by atoms with Gasteiger partial charge in [0.15, 0.2) is 0 Å². The van der Waals surface area contributed by atoms with Gasteiger partial charge in [0, 0.05) is 19.7 Å². The standard InChI is InChI=1S/C13H24N4O3/c1-3-6-17-11(14)10(12(19)16-13(17)20)15-8-9(4-2)5-7-18/h9,15,18H,3-8,14H2,1-2H3,(H,16,19,20). The molecule has 5 N–H and O–H groups in total. The molecule has 1 unspecified atom stereocenters. The van der Waals surface area contributed by atoms with Crippen LogP contribution in [0.2, 0.25) is 0 Å². The molecule has 0 aliphatic heterocycles. The van der Waals surface area contributed by atoms with Crippen LogP contribution in [0.15, 0.2) is 9.59 Å². The summed E-state index contributed by atoms with van der Waals surface area (Å²) < 4.78 is 1.36. The first kappa shape index (κ1) is 16.3. The lowest BCUT2D eigenvalue weighted by atomic mass is 10.0. The molecule has 1 heterocycles. The van der Waals surface area contributed by atoms with Crippen LogP contribution in [0.5, 0.6) is 0 Å². The Morgan fingerprint density at radius 2 is 2.10 bits per heavy atom. The Morgan fingerprint density at radius 3 is 2.65 bits per heavy atom. The summed E-state index contributed by atoms with van der Waals surface area (Å²) in [5.74, 6) is 0.421. The second-order valence-corrected chi connectivity index (χ2v) is 4.84. The lowest BCUT2D eigenvalue weighted by Crippen LogP contribution is -2.34. The fraction of sp³-hybridized carbons (Fsp3) is 0.692. The number of nitrogen functional groups attached to an aromatic ring is 1. The lowest BCUT2D eigenvalue weighted by molar-refractivity contribution is 0.258. The molecular weight excluding hydrogens is 260 g/mol. The van der Waals surface area contributed by atoms with Gasteiger partial charge in [0.25, 0.3) is 5.56 Å². The molecule has 0 amide bonds. The maximum Gasteiger partial charge on any atom is 0.330 e. The number of rotatable bonds is 8. The van der Waals surface area contributed by atoms with E-state index in [9.17, 15) is 9.59 Å². The van der Waals surface area contributed by atoms with Crippen molar-refractivity contribution in [2.45, 2.75) is 39.7 Å². The summed E-state index contributed by atoms with van der Waals surface area (Å²) in [5.41, 5.74) is 5.15. The Balaban J connectivity index is 2.97. The van der Waals surface area contributed by atoms with Gasteiger partial charge in [-0.15, -0.1) is 0 Å². The van der Waals surface area contributed by atoms with E-state index in [1.54, 1.807) is 0 Å². The largest absolute Gasteiger partial charge is 0.396 e. The van der Waals surface area contributed by atoms with Gasteiger partial charge in [0.05, 0.1) is 0 Å². The molecule has 1 aromatic heterocycles. The van der Waals surface area contributed by atoms with E-state index in [1.165, 1.54) is 4.57 Å². The SMILES string of the molecule is CCCn1c(N)c(NCC(CC)CCO)c(=O)[nH]c1=O. The quantitative estimate of drug-likeness (QED) is 0.550. The third kappa shape index (κ3) is 3.86. The number of hydrogen-bond donors (Lipinski definition) is 4. The highest BCUT2D eigenvalue weighted by Gasteiger charge is 2.13. The summed E-state index contributed by atoms with van der Waals surface area (Å²) in [6.45, 7) is 5.06. The van der Waals surface area contributed by atoms with Crippen LogP contribution in [-0.2, 0) is 6.54 Å². The van der Waals surface area contributed by atoms with Crippen LogP contribution in [0.25, 0.3) is 0 Å². The highest BCUT2D eigenvalue weighted by atomic mass is 16.3. The Bertz CT molecular complexity index is 535. The van der Waals surface area contributed by atoms with Gasteiger partial charge in [0.2, 0.25) is 0 Å². The second-order valence-electron chi connectivity index (χ2n) is 4.84. The van der Waals surface area contributed by atoms with Crippen LogP contribution >= 0.6 is 0 Å². The molecular formula is C13H24N4O3. The van der Waals surface area contributed by atoms with Crippen molar-refractivity contribution in [2.24, 2.45) is 5.92 Å². The summed E-state index contributed by atoms with van der Waals surface area (Å²) in [4.78, 5) is 25.7. The number of aromatic amines is 1. The molecule has 1 atom stereocenters. The fourth-order valence-electron chi connectivity index (χ4n) is 2.08. The molecule has 0 aliphatic rings. The number of hydrogen-bond acceptors (Lipinski definition) is 5. The minimum atomic E-state index is -0.501. The Hall–Kier alpha value is -1.76. The molecule has 0 saturated heterocycles. The number of aliphatic hydroxyl groups is 1. The summed E-state index contributed by atoms with van der Waals surface area (Å²) in [6.07, 6.45) is 2.30. The van der Waals surface area contributed by atoms with Crippen molar-refractivity contribution in [3.8, 4) is 0 Å². The van der Waals surface area contributed by atoms with Crippen LogP contribution in [0.3, 0.4) is 0 Å². The van der Waals surface area contributed by atoms with Gasteiger partial charge in [-0.3, -0.25) is 14.3 Å². The Morgan fingerprint density at radius 1 is 1.40 bits per heavy atom. The Labute approximate surface area is 117 Å². The maximum atomic E-state index is 11.8. The molecule has 7 heteroatoms. The van der Waals surface area contributed by atoms with Crippen LogP contribution in [0, 0.1) is 5.92 Å². The molecule has 1 rings (SSSR count). The number of anilines is 2. The highest BCUT2D eigenvalue weighted by Crippen LogP contribution is 2.13. The van der Waals surface area contributed by atoms with E-state index in [4.69, 9.17) is 10.8 Å². The van der Waals surface area contributed by atoms with E-state index in [2.05, 4.69) is 10.3 Å². The van der Waals surface area contributed by atoms with Crippen molar-refractivity contribution in [3.63, 3.8) is 0 Å². The van der Waals surface area contributed by atoms with Gasteiger partial charge in [0.1, 0.15) is 11.5 Å². The van der Waals surface area contributed by atoms with Gasteiger partial charge >= 0.3 is 5.69 Å². The van der Waals surface area contributed by atoms with Gasteiger partial charge in [-0.05, 0) is 18.8 Å². The molecule has 0 bridgehead atoms. The number of H-pyrrole nitrogens is 1. The van der Waals surface area contributed by atoms with Crippen molar-refractivity contribution in [3.05, 3.63) is 20.8 Å². The first-order valence-electron chi connectivity index (χ1n) is 7.02. The molecule has 0 spiro atoms. The minimum Gasteiger partial charge on any atom is -0.396 e. The van der Waals surface area contributed by atoms with Crippen LogP contribution in [0.1, 0.15) is 33.1 Å². The Kier molecular flexibility index (Phi) is 6.30. The van der Waals surface area contributed by atoms with Gasteiger partial charge in [-0.25, -0.2) is 4.79 Å². The zero-order valence-electron chi connectivity index (χ0n) is 12.1. The number of aliphatic hydroxyl groups excluding tert-OH is 1. The average Bonchev–Trinajstić information content (AvgIpc) is 2.41. The van der Waals surface area contributed by atoms with Gasteiger partial charge in [-0.2, -0.15) is 0 Å². The molecule has 1 aromatic rings. The van der Waals surface area contributed by atoms with E-state index >= 15 is 0 Å². The molecule has 0 saturated carbocycles. The van der Waals surface area contributed by atoms with Crippen LogP contribution in [0.4, 0.5) is 11.5 Å². The van der Waals surface area contributed by atoms with Crippen LogP contribution in [-0.4, -0.2) is 27.8 Å². The van der Waals surface area contributed by atoms with Crippen molar-refractivity contribution < 1.29 is 5.11 Å². The molecule has 7 nitrogen and oxygen atoms in total. The topological polar surface area (TPSA) is 113 Å². The van der Waals surface area contributed by atoms with E-state index in [1.807, 2.05) is 13.8 Å². The summed E-state index contributed by atoms with van der Waals surface area (Å²) in [7, 11) is 0. The zero-order chi connectivity index (χ0) is 15.1. The van der Waals surface area contributed by atoms with Gasteiger partial charge < -0.3 is 16.2 Å². The van der Waals surface area contributed by atoms with Crippen molar-refractivity contribution >= 4 is 11.5 Å².